The lowest BCUT2D eigenvalue weighted by molar-refractivity contribution is 0.381. The third kappa shape index (κ3) is 2.73. The maximum atomic E-state index is 13.4. The SMILES string of the molecule is Oc1c(Cl)cccc1CNc1c(F)c(F)c(F)c(F)c1F. The largest absolute Gasteiger partial charge is 0.506 e. The van der Waals surface area contributed by atoms with Crippen molar-refractivity contribution >= 4 is 17.3 Å². The van der Waals surface area contributed by atoms with Crippen LogP contribution in [-0.2, 0) is 6.54 Å². The topological polar surface area (TPSA) is 32.3 Å². The van der Waals surface area contributed by atoms with Crippen molar-refractivity contribution in [2.24, 2.45) is 0 Å². The van der Waals surface area contributed by atoms with Crippen LogP contribution in [0.3, 0.4) is 0 Å². The van der Waals surface area contributed by atoms with Crippen molar-refractivity contribution in [3.8, 4) is 5.75 Å². The van der Waals surface area contributed by atoms with Crippen molar-refractivity contribution < 1.29 is 27.1 Å². The van der Waals surface area contributed by atoms with Gasteiger partial charge in [0.05, 0.1) is 5.02 Å². The van der Waals surface area contributed by atoms with Gasteiger partial charge < -0.3 is 10.4 Å². The summed E-state index contributed by atoms with van der Waals surface area (Å²) in [5.41, 5.74) is -1.04. The Labute approximate surface area is 120 Å². The maximum Gasteiger partial charge on any atom is 0.200 e. The normalized spacial score (nSPS) is 10.8. The standard InChI is InChI=1S/C13H7ClF5NO/c14-6-3-1-2-5(13(6)21)4-20-12-10(18)8(16)7(15)9(17)11(12)19/h1-3,20-21H,4H2. The van der Waals surface area contributed by atoms with Crippen molar-refractivity contribution in [3.05, 3.63) is 57.9 Å². The molecule has 0 heterocycles. The van der Waals surface area contributed by atoms with Gasteiger partial charge in [-0.3, -0.25) is 0 Å². The van der Waals surface area contributed by atoms with Gasteiger partial charge in [0.1, 0.15) is 11.4 Å². The molecule has 2 aromatic rings. The highest BCUT2D eigenvalue weighted by Gasteiger charge is 2.25. The highest BCUT2D eigenvalue weighted by molar-refractivity contribution is 6.32. The number of para-hydroxylation sites is 1. The van der Waals surface area contributed by atoms with E-state index in [0.29, 0.717) is 0 Å². The first kappa shape index (κ1) is 15.4. The molecular formula is C13H7ClF5NO. The van der Waals surface area contributed by atoms with Crippen LogP contribution in [0.1, 0.15) is 5.56 Å². The van der Waals surface area contributed by atoms with Gasteiger partial charge in [-0.05, 0) is 6.07 Å². The van der Waals surface area contributed by atoms with Gasteiger partial charge in [0.15, 0.2) is 23.3 Å². The fourth-order valence-electron chi connectivity index (χ4n) is 1.65. The van der Waals surface area contributed by atoms with Crippen molar-refractivity contribution in [1.82, 2.24) is 0 Å². The Kier molecular flexibility index (Phi) is 4.22. The van der Waals surface area contributed by atoms with Gasteiger partial charge in [-0.2, -0.15) is 0 Å². The number of halogens is 6. The van der Waals surface area contributed by atoms with E-state index < -0.39 is 34.8 Å². The number of phenols is 1. The number of hydrogen-bond donors (Lipinski definition) is 2. The molecule has 0 aromatic heterocycles. The molecule has 0 aliphatic heterocycles. The van der Waals surface area contributed by atoms with Crippen LogP contribution in [0.25, 0.3) is 0 Å². The summed E-state index contributed by atoms with van der Waals surface area (Å²) < 4.78 is 65.7. The van der Waals surface area contributed by atoms with E-state index in [1.807, 2.05) is 0 Å². The molecule has 2 nitrogen and oxygen atoms in total. The van der Waals surface area contributed by atoms with Gasteiger partial charge in [-0.15, -0.1) is 0 Å². The summed E-state index contributed by atoms with van der Waals surface area (Å²) in [6.07, 6.45) is 0. The third-order valence-electron chi connectivity index (χ3n) is 2.74. The summed E-state index contributed by atoms with van der Waals surface area (Å²) in [7, 11) is 0. The summed E-state index contributed by atoms with van der Waals surface area (Å²) >= 11 is 5.63. The molecule has 2 rings (SSSR count). The van der Waals surface area contributed by atoms with E-state index >= 15 is 0 Å². The zero-order chi connectivity index (χ0) is 15.7. The van der Waals surface area contributed by atoms with Crippen LogP contribution in [0.2, 0.25) is 5.02 Å². The molecule has 2 N–H and O–H groups in total. The van der Waals surface area contributed by atoms with Crippen LogP contribution in [0, 0.1) is 29.1 Å². The molecule has 0 spiro atoms. The molecule has 112 valence electrons. The fraction of sp³-hybridized carbons (Fsp3) is 0.0769. The summed E-state index contributed by atoms with van der Waals surface area (Å²) in [4.78, 5) is 0. The first-order chi connectivity index (χ1) is 9.84. The third-order valence-corrected chi connectivity index (χ3v) is 3.04. The lowest BCUT2D eigenvalue weighted by Gasteiger charge is -2.12. The molecule has 0 atom stereocenters. The second-order valence-electron chi connectivity index (χ2n) is 4.05. The van der Waals surface area contributed by atoms with E-state index in [4.69, 9.17) is 11.6 Å². The minimum Gasteiger partial charge on any atom is -0.506 e. The number of benzene rings is 2. The van der Waals surface area contributed by atoms with Crippen molar-refractivity contribution in [3.63, 3.8) is 0 Å². The summed E-state index contributed by atoms with van der Waals surface area (Å²) in [6.45, 7) is -0.384. The Balaban J connectivity index is 2.35. The fourth-order valence-corrected chi connectivity index (χ4v) is 1.84. The van der Waals surface area contributed by atoms with Crippen LogP contribution >= 0.6 is 11.6 Å². The number of rotatable bonds is 3. The molecule has 0 saturated heterocycles. The van der Waals surface area contributed by atoms with Crippen LogP contribution in [-0.4, -0.2) is 5.11 Å². The van der Waals surface area contributed by atoms with Crippen LogP contribution in [0.15, 0.2) is 18.2 Å². The van der Waals surface area contributed by atoms with E-state index in [-0.39, 0.29) is 22.9 Å². The first-order valence-corrected chi connectivity index (χ1v) is 5.94. The van der Waals surface area contributed by atoms with Crippen molar-refractivity contribution in [1.29, 1.82) is 0 Å². The molecule has 0 saturated carbocycles. The van der Waals surface area contributed by atoms with Crippen LogP contribution in [0.4, 0.5) is 27.6 Å². The number of anilines is 1. The minimum absolute atomic E-state index is 0.00767. The lowest BCUT2D eigenvalue weighted by atomic mass is 10.2. The average Bonchev–Trinajstić information content (AvgIpc) is 2.47. The monoisotopic (exact) mass is 323 g/mol. The number of hydrogen-bond acceptors (Lipinski definition) is 2. The predicted molar refractivity (Wildman–Crippen MR) is 66.7 cm³/mol. The van der Waals surface area contributed by atoms with E-state index in [1.165, 1.54) is 18.2 Å². The van der Waals surface area contributed by atoms with Crippen molar-refractivity contribution in [2.75, 3.05) is 5.32 Å². The minimum atomic E-state index is -2.24. The van der Waals surface area contributed by atoms with Gasteiger partial charge in [0.2, 0.25) is 5.82 Å². The van der Waals surface area contributed by atoms with Gasteiger partial charge >= 0.3 is 0 Å². The zero-order valence-electron chi connectivity index (χ0n) is 10.2. The molecule has 21 heavy (non-hydrogen) atoms. The van der Waals surface area contributed by atoms with Gasteiger partial charge in [-0.1, -0.05) is 23.7 Å². The Morgan fingerprint density at radius 2 is 1.43 bits per heavy atom. The van der Waals surface area contributed by atoms with Crippen LogP contribution in [0.5, 0.6) is 5.75 Å². The molecule has 0 bridgehead atoms. The molecule has 0 amide bonds. The summed E-state index contributed by atoms with van der Waals surface area (Å²) in [6, 6.07) is 4.21. The lowest BCUT2D eigenvalue weighted by Crippen LogP contribution is -2.10. The number of aromatic hydroxyl groups is 1. The summed E-state index contributed by atoms with van der Waals surface area (Å²) in [5, 5.41) is 11.7. The van der Waals surface area contributed by atoms with E-state index in [1.54, 1.807) is 0 Å². The quantitative estimate of drug-likeness (QED) is 0.500. The molecule has 0 unspecified atom stereocenters. The molecule has 0 radical (unpaired) electrons. The molecule has 0 aliphatic carbocycles. The summed E-state index contributed by atoms with van der Waals surface area (Å²) in [5.74, 6) is -10.6. The Bertz CT molecular complexity index is 678. The highest BCUT2D eigenvalue weighted by Crippen LogP contribution is 2.30. The second kappa shape index (κ2) is 5.77. The maximum absolute atomic E-state index is 13.4. The van der Waals surface area contributed by atoms with Gasteiger partial charge in [0.25, 0.3) is 0 Å². The smallest absolute Gasteiger partial charge is 0.200 e. The number of phenolic OH excluding ortho intramolecular Hbond substituents is 1. The van der Waals surface area contributed by atoms with E-state index in [0.717, 1.165) is 0 Å². The molecular weight excluding hydrogens is 317 g/mol. The van der Waals surface area contributed by atoms with Crippen LogP contribution < -0.4 is 5.32 Å². The van der Waals surface area contributed by atoms with Gasteiger partial charge in [-0.25, -0.2) is 22.0 Å². The Morgan fingerprint density at radius 3 is 2.00 bits per heavy atom. The Morgan fingerprint density at radius 1 is 0.905 bits per heavy atom. The second-order valence-corrected chi connectivity index (χ2v) is 4.45. The Hall–Kier alpha value is -2.02. The molecule has 2 aromatic carbocycles. The first-order valence-electron chi connectivity index (χ1n) is 5.56. The molecule has 8 heteroatoms. The molecule has 0 aliphatic rings. The number of nitrogens with one attached hydrogen (secondary N) is 1. The van der Waals surface area contributed by atoms with E-state index in [9.17, 15) is 27.1 Å². The predicted octanol–water partition coefficient (Wildman–Crippen LogP) is 4.35. The molecule has 0 fully saturated rings. The van der Waals surface area contributed by atoms with Gasteiger partial charge in [0, 0.05) is 12.1 Å². The van der Waals surface area contributed by atoms with Crippen molar-refractivity contribution in [2.45, 2.75) is 6.54 Å². The average molecular weight is 324 g/mol. The van der Waals surface area contributed by atoms with E-state index in [2.05, 4.69) is 5.32 Å². The zero-order valence-corrected chi connectivity index (χ0v) is 10.9. The highest BCUT2D eigenvalue weighted by atomic mass is 35.5.